The van der Waals surface area contributed by atoms with Crippen LogP contribution in [0.5, 0.6) is 0 Å². The molecule has 2 aromatic carbocycles. The van der Waals surface area contributed by atoms with Crippen molar-refractivity contribution in [1.82, 2.24) is 0 Å². The van der Waals surface area contributed by atoms with E-state index in [1.807, 2.05) is 73.6 Å². The summed E-state index contributed by atoms with van der Waals surface area (Å²) in [5.41, 5.74) is 5.19. The average molecular weight is 374 g/mol. The van der Waals surface area contributed by atoms with Gasteiger partial charge in [0.2, 0.25) is 11.3 Å². The van der Waals surface area contributed by atoms with Crippen LogP contribution >= 0.6 is 0 Å². The fourth-order valence-corrected chi connectivity index (χ4v) is 3.33. The lowest BCUT2D eigenvalue weighted by molar-refractivity contribution is -0.496. The third-order valence-electron chi connectivity index (χ3n) is 4.75. The summed E-state index contributed by atoms with van der Waals surface area (Å²) in [7, 11) is 4.00. The summed E-state index contributed by atoms with van der Waals surface area (Å²) >= 11 is 0. The molecule has 4 rings (SSSR count). The van der Waals surface area contributed by atoms with Crippen molar-refractivity contribution >= 4 is 40.3 Å². The molecule has 0 bridgehead atoms. The number of rotatable bonds is 4. The highest BCUT2D eigenvalue weighted by Gasteiger charge is 2.31. The third-order valence-corrected chi connectivity index (χ3v) is 4.75. The Morgan fingerprint density at radius 3 is 2.46 bits per heavy atom. The standard InChI is InChI=1S/C22H20N3O3/c1-15-14-18(13-10-16-8-11-17(12-9-16)23(2)3)24-19-6-4-5-7-20(19)28-22(24)21(15)25(26)27/h4-14H,1-3H3/q+1. The predicted molar refractivity (Wildman–Crippen MR) is 110 cm³/mol. The van der Waals surface area contributed by atoms with Crippen LogP contribution in [0.15, 0.2) is 59.0 Å². The summed E-state index contributed by atoms with van der Waals surface area (Å²) in [5.74, 6) is 0. The number of aryl methyl sites for hydroxylation is 1. The van der Waals surface area contributed by atoms with Crippen molar-refractivity contribution in [3.05, 3.63) is 81.5 Å². The molecule has 0 aliphatic heterocycles. The number of benzene rings is 2. The molecule has 2 heterocycles. The highest BCUT2D eigenvalue weighted by atomic mass is 16.6. The minimum Gasteiger partial charge on any atom is -0.393 e. The molecule has 0 radical (unpaired) electrons. The van der Waals surface area contributed by atoms with Crippen molar-refractivity contribution in [1.29, 1.82) is 0 Å². The number of nitro groups is 1. The Bertz CT molecular complexity index is 1220. The predicted octanol–water partition coefficient (Wildman–Crippen LogP) is 4.62. The SMILES string of the molecule is Cc1cc(/C=C/c2ccc(N(C)C)cc2)[n+]2c(oc3ccccc32)c1[N+](=O)[O-]. The average Bonchev–Trinajstić information content (AvgIpc) is 3.05. The fraction of sp³-hybridized carbons (Fsp3) is 0.136. The van der Waals surface area contributed by atoms with Gasteiger partial charge in [-0.05, 0) is 36.8 Å². The van der Waals surface area contributed by atoms with Crippen LogP contribution < -0.4 is 9.30 Å². The first-order valence-corrected chi connectivity index (χ1v) is 8.92. The van der Waals surface area contributed by atoms with Gasteiger partial charge in [0.05, 0.1) is 4.92 Å². The molecule has 0 spiro atoms. The van der Waals surface area contributed by atoms with Gasteiger partial charge in [-0.3, -0.25) is 10.1 Å². The van der Waals surface area contributed by atoms with E-state index >= 15 is 0 Å². The van der Waals surface area contributed by atoms with Gasteiger partial charge in [0.1, 0.15) is 0 Å². The van der Waals surface area contributed by atoms with Crippen molar-refractivity contribution in [3.8, 4) is 0 Å². The number of fused-ring (bicyclic) bond motifs is 3. The Hall–Kier alpha value is -3.67. The zero-order valence-corrected chi connectivity index (χ0v) is 15.9. The highest BCUT2D eigenvalue weighted by molar-refractivity contribution is 5.76. The van der Waals surface area contributed by atoms with Crippen LogP contribution in [-0.2, 0) is 0 Å². The first-order chi connectivity index (χ1) is 13.5. The second-order valence-electron chi connectivity index (χ2n) is 6.89. The minimum absolute atomic E-state index is 0.0105. The van der Waals surface area contributed by atoms with E-state index in [4.69, 9.17) is 4.42 Å². The molecular formula is C22H20N3O3+. The molecule has 6 heteroatoms. The largest absolute Gasteiger partial charge is 0.460 e. The maximum atomic E-state index is 11.6. The number of pyridine rings is 1. The van der Waals surface area contributed by atoms with E-state index in [-0.39, 0.29) is 16.3 Å². The van der Waals surface area contributed by atoms with Gasteiger partial charge in [0.25, 0.3) is 5.52 Å². The van der Waals surface area contributed by atoms with Crippen LogP contribution in [0.2, 0.25) is 0 Å². The molecule has 0 amide bonds. The number of hydrogen-bond donors (Lipinski definition) is 0. The lowest BCUT2D eigenvalue weighted by atomic mass is 10.1. The summed E-state index contributed by atoms with van der Waals surface area (Å²) in [4.78, 5) is 13.3. The molecule has 0 unspecified atom stereocenters. The topological polar surface area (TPSA) is 63.6 Å². The Balaban J connectivity index is 1.89. The van der Waals surface area contributed by atoms with Crippen molar-refractivity contribution in [2.24, 2.45) is 0 Å². The first-order valence-electron chi connectivity index (χ1n) is 8.92. The monoisotopic (exact) mass is 374 g/mol. The number of anilines is 1. The molecule has 0 atom stereocenters. The quantitative estimate of drug-likeness (QED) is 0.297. The molecule has 28 heavy (non-hydrogen) atoms. The smallest absolute Gasteiger partial charge is 0.393 e. The van der Waals surface area contributed by atoms with Crippen LogP contribution in [-0.4, -0.2) is 19.0 Å². The van der Waals surface area contributed by atoms with Gasteiger partial charge in [0.15, 0.2) is 0 Å². The third kappa shape index (κ3) is 2.99. The van der Waals surface area contributed by atoms with Crippen LogP contribution in [0.3, 0.4) is 0 Å². The molecule has 0 aliphatic rings. The maximum absolute atomic E-state index is 11.6. The Morgan fingerprint density at radius 1 is 1.07 bits per heavy atom. The van der Waals surface area contributed by atoms with Crippen molar-refractivity contribution in [2.75, 3.05) is 19.0 Å². The van der Waals surface area contributed by atoms with Gasteiger partial charge in [-0.1, -0.05) is 24.3 Å². The first kappa shape index (κ1) is 17.7. The lowest BCUT2D eigenvalue weighted by Crippen LogP contribution is -2.25. The summed E-state index contributed by atoms with van der Waals surface area (Å²) < 4.78 is 7.64. The molecule has 0 saturated heterocycles. The van der Waals surface area contributed by atoms with Gasteiger partial charge >= 0.3 is 11.4 Å². The van der Waals surface area contributed by atoms with Gasteiger partial charge in [0, 0.05) is 43.6 Å². The molecular weight excluding hydrogens is 354 g/mol. The summed E-state index contributed by atoms with van der Waals surface area (Å²) in [5, 5.41) is 11.6. The molecule has 0 N–H and O–H groups in total. The number of aromatic nitrogens is 1. The molecule has 6 nitrogen and oxygen atoms in total. The van der Waals surface area contributed by atoms with E-state index in [0.29, 0.717) is 11.1 Å². The molecule has 0 fully saturated rings. The van der Waals surface area contributed by atoms with E-state index in [9.17, 15) is 10.1 Å². The highest BCUT2D eigenvalue weighted by Crippen LogP contribution is 2.27. The van der Waals surface area contributed by atoms with Crippen LogP contribution in [0, 0.1) is 17.0 Å². The second kappa shape index (κ2) is 6.81. The van der Waals surface area contributed by atoms with E-state index in [0.717, 1.165) is 22.5 Å². The van der Waals surface area contributed by atoms with E-state index in [1.165, 1.54) is 0 Å². The number of nitrogens with zero attached hydrogens (tertiary/aromatic N) is 3. The number of para-hydroxylation sites is 2. The minimum atomic E-state index is -0.388. The van der Waals surface area contributed by atoms with Gasteiger partial charge in [-0.25, -0.2) is 0 Å². The summed E-state index contributed by atoms with van der Waals surface area (Å²) in [6.07, 6.45) is 3.95. The van der Waals surface area contributed by atoms with Crippen molar-refractivity contribution < 1.29 is 13.7 Å². The van der Waals surface area contributed by atoms with E-state index in [1.54, 1.807) is 11.3 Å². The fourth-order valence-electron chi connectivity index (χ4n) is 3.33. The summed E-state index contributed by atoms with van der Waals surface area (Å²) in [6, 6.07) is 17.5. The molecule has 4 aromatic rings. The molecule has 0 saturated carbocycles. The van der Waals surface area contributed by atoms with E-state index < -0.39 is 0 Å². The Labute approximate surface area is 162 Å². The number of oxazole rings is 1. The normalized spacial score (nSPS) is 11.5. The Kier molecular flexibility index (Phi) is 4.31. The molecule has 0 aliphatic carbocycles. The molecule has 140 valence electrons. The van der Waals surface area contributed by atoms with E-state index in [2.05, 4.69) is 12.1 Å². The van der Waals surface area contributed by atoms with Crippen LogP contribution in [0.1, 0.15) is 16.8 Å². The van der Waals surface area contributed by atoms with Crippen LogP contribution in [0.4, 0.5) is 11.4 Å². The second-order valence-corrected chi connectivity index (χ2v) is 6.89. The van der Waals surface area contributed by atoms with Crippen molar-refractivity contribution in [2.45, 2.75) is 6.92 Å². The molecule has 2 aromatic heterocycles. The van der Waals surface area contributed by atoms with Gasteiger partial charge < -0.3 is 9.32 Å². The Morgan fingerprint density at radius 2 is 1.79 bits per heavy atom. The zero-order chi connectivity index (χ0) is 19.8. The lowest BCUT2D eigenvalue weighted by Gasteiger charge is -2.11. The zero-order valence-electron chi connectivity index (χ0n) is 15.9. The maximum Gasteiger partial charge on any atom is 0.460 e. The van der Waals surface area contributed by atoms with Gasteiger partial charge in [-0.15, -0.1) is 4.40 Å². The number of hydrogen-bond acceptors (Lipinski definition) is 4. The van der Waals surface area contributed by atoms with Gasteiger partial charge in [-0.2, -0.15) is 0 Å². The van der Waals surface area contributed by atoms with Crippen molar-refractivity contribution in [3.63, 3.8) is 0 Å². The van der Waals surface area contributed by atoms with Crippen LogP contribution in [0.25, 0.3) is 29.0 Å². The summed E-state index contributed by atoms with van der Waals surface area (Å²) in [6.45, 7) is 1.73.